The minimum Gasteiger partial charge on any atom is -0.379 e. The Balaban J connectivity index is 1.74. The van der Waals surface area contributed by atoms with Gasteiger partial charge in [0.15, 0.2) is 0 Å². The molecule has 0 spiro atoms. The minimum absolute atomic E-state index is 0.186. The molecule has 1 unspecified atom stereocenters. The highest BCUT2D eigenvalue weighted by Crippen LogP contribution is 2.23. The molecule has 1 fully saturated rings. The molecule has 1 N–H and O–H groups in total. The fourth-order valence-electron chi connectivity index (χ4n) is 3.36. The molecule has 1 amide bonds. The number of ether oxygens (including phenoxy) is 1. The van der Waals surface area contributed by atoms with E-state index in [1.54, 1.807) is 37.2 Å². The summed E-state index contributed by atoms with van der Waals surface area (Å²) < 4.78 is 33.3. The van der Waals surface area contributed by atoms with Crippen LogP contribution in [0.15, 0.2) is 42.5 Å². The number of benzene rings is 2. The lowest BCUT2D eigenvalue weighted by molar-refractivity contribution is 0.0162. The van der Waals surface area contributed by atoms with Gasteiger partial charge in [0.05, 0.1) is 24.9 Å². The Kier molecular flexibility index (Phi) is 6.59. The van der Waals surface area contributed by atoms with Gasteiger partial charge < -0.3 is 15.0 Å². The molecular formula is C21H25F2N3O2. The summed E-state index contributed by atoms with van der Waals surface area (Å²) in [7, 11) is 3.48. The monoisotopic (exact) mass is 389 g/mol. The third-order valence-electron chi connectivity index (χ3n) is 4.87. The highest BCUT2D eigenvalue weighted by Gasteiger charge is 2.24. The van der Waals surface area contributed by atoms with Gasteiger partial charge in [0.2, 0.25) is 0 Å². The number of morpholine rings is 1. The first-order valence-corrected chi connectivity index (χ1v) is 9.28. The summed E-state index contributed by atoms with van der Waals surface area (Å²) in [6.07, 6.45) is 0. The van der Waals surface area contributed by atoms with Gasteiger partial charge in [-0.3, -0.25) is 9.69 Å². The Bertz CT molecular complexity index is 823. The maximum absolute atomic E-state index is 14.2. The van der Waals surface area contributed by atoms with Gasteiger partial charge in [-0.05, 0) is 35.9 Å². The number of hydrogen-bond donors (Lipinski definition) is 1. The Morgan fingerprint density at radius 2 is 1.93 bits per heavy atom. The van der Waals surface area contributed by atoms with Crippen LogP contribution in [0.2, 0.25) is 0 Å². The van der Waals surface area contributed by atoms with Crippen LogP contribution >= 0.6 is 0 Å². The molecule has 2 aromatic rings. The van der Waals surface area contributed by atoms with E-state index < -0.39 is 5.82 Å². The quantitative estimate of drug-likeness (QED) is 0.825. The molecule has 1 aliphatic heterocycles. The van der Waals surface area contributed by atoms with Crippen LogP contribution in [0.1, 0.15) is 22.0 Å². The first kappa shape index (κ1) is 20.2. The van der Waals surface area contributed by atoms with Gasteiger partial charge in [0, 0.05) is 39.3 Å². The number of rotatable bonds is 6. The summed E-state index contributed by atoms with van der Waals surface area (Å²) in [4.78, 5) is 16.4. The molecule has 28 heavy (non-hydrogen) atoms. The Labute approximate surface area is 163 Å². The predicted octanol–water partition coefficient (Wildman–Crippen LogP) is 2.83. The van der Waals surface area contributed by atoms with Crippen molar-refractivity contribution in [3.8, 4) is 0 Å². The highest BCUT2D eigenvalue weighted by molar-refractivity contribution is 5.94. The molecule has 1 atom stereocenters. The summed E-state index contributed by atoms with van der Waals surface area (Å²) in [6, 6.07) is 10.6. The van der Waals surface area contributed by atoms with Crippen molar-refractivity contribution in [1.29, 1.82) is 0 Å². The molecular weight excluding hydrogens is 364 g/mol. The largest absolute Gasteiger partial charge is 0.379 e. The third-order valence-corrected chi connectivity index (χ3v) is 4.87. The molecule has 1 saturated heterocycles. The van der Waals surface area contributed by atoms with Crippen molar-refractivity contribution in [3.05, 3.63) is 65.2 Å². The zero-order valence-corrected chi connectivity index (χ0v) is 16.1. The predicted molar refractivity (Wildman–Crippen MR) is 105 cm³/mol. The molecule has 1 aliphatic rings. The molecule has 1 heterocycles. The molecule has 5 nitrogen and oxygen atoms in total. The SMILES string of the molecule is CN(C)c1ccc(C(=O)NCC(c2cccc(F)c2)N2CCOCC2)cc1F. The van der Waals surface area contributed by atoms with E-state index in [-0.39, 0.29) is 23.3 Å². The number of nitrogens with one attached hydrogen (secondary N) is 1. The van der Waals surface area contributed by atoms with E-state index in [1.807, 2.05) is 6.07 Å². The average Bonchev–Trinajstić information content (AvgIpc) is 2.68. The molecule has 0 bridgehead atoms. The molecule has 0 aliphatic carbocycles. The van der Waals surface area contributed by atoms with E-state index in [9.17, 15) is 13.6 Å². The number of anilines is 1. The molecule has 0 radical (unpaired) electrons. The van der Waals surface area contributed by atoms with Crippen LogP contribution in [-0.4, -0.2) is 57.8 Å². The lowest BCUT2D eigenvalue weighted by atomic mass is 10.0. The maximum atomic E-state index is 14.2. The Morgan fingerprint density at radius 1 is 1.18 bits per heavy atom. The van der Waals surface area contributed by atoms with Crippen molar-refractivity contribution in [2.24, 2.45) is 0 Å². The van der Waals surface area contributed by atoms with E-state index in [4.69, 9.17) is 4.74 Å². The number of carbonyl (C=O) groups is 1. The topological polar surface area (TPSA) is 44.8 Å². The second-order valence-electron chi connectivity index (χ2n) is 6.99. The first-order chi connectivity index (χ1) is 13.5. The number of nitrogens with zero attached hydrogens (tertiary/aromatic N) is 2. The second-order valence-corrected chi connectivity index (χ2v) is 6.99. The van der Waals surface area contributed by atoms with Gasteiger partial charge in [-0.2, -0.15) is 0 Å². The lowest BCUT2D eigenvalue weighted by Crippen LogP contribution is -2.43. The first-order valence-electron chi connectivity index (χ1n) is 9.28. The molecule has 0 saturated carbocycles. The molecule has 2 aromatic carbocycles. The van der Waals surface area contributed by atoms with Crippen molar-refractivity contribution >= 4 is 11.6 Å². The Hall–Kier alpha value is -2.51. The van der Waals surface area contributed by atoms with E-state index in [0.717, 1.165) is 5.56 Å². The van der Waals surface area contributed by atoms with Crippen LogP contribution in [0.3, 0.4) is 0 Å². The summed E-state index contributed by atoms with van der Waals surface area (Å²) in [5.74, 6) is -1.13. The fourth-order valence-corrected chi connectivity index (χ4v) is 3.36. The number of hydrogen-bond acceptors (Lipinski definition) is 4. The van der Waals surface area contributed by atoms with Gasteiger partial charge in [-0.1, -0.05) is 12.1 Å². The van der Waals surface area contributed by atoms with E-state index >= 15 is 0 Å². The molecule has 0 aromatic heterocycles. The Morgan fingerprint density at radius 3 is 2.57 bits per heavy atom. The number of amides is 1. The number of carbonyl (C=O) groups excluding carboxylic acids is 1. The van der Waals surface area contributed by atoms with Crippen molar-refractivity contribution in [2.45, 2.75) is 6.04 Å². The van der Waals surface area contributed by atoms with Crippen LogP contribution in [0.25, 0.3) is 0 Å². The normalized spacial score (nSPS) is 15.9. The standard InChI is InChI=1S/C21H25F2N3O2/c1-25(2)19-7-6-16(13-18(19)23)21(27)24-14-20(26-8-10-28-11-9-26)15-4-3-5-17(22)12-15/h3-7,12-13,20H,8-11,14H2,1-2H3,(H,24,27). The summed E-state index contributed by atoms with van der Waals surface area (Å²) in [6.45, 7) is 2.87. The highest BCUT2D eigenvalue weighted by atomic mass is 19.1. The molecule has 7 heteroatoms. The van der Waals surface area contributed by atoms with Crippen molar-refractivity contribution < 1.29 is 18.3 Å². The number of halogens is 2. The van der Waals surface area contributed by atoms with Crippen LogP contribution in [-0.2, 0) is 4.74 Å². The smallest absolute Gasteiger partial charge is 0.251 e. The van der Waals surface area contributed by atoms with Gasteiger partial charge in [0.25, 0.3) is 5.91 Å². The van der Waals surface area contributed by atoms with Gasteiger partial charge in [-0.25, -0.2) is 8.78 Å². The summed E-state index contributed by atoms with van der Waals surface area (Å²) in [5.41, 5.74) is 1.46. The van der Waals surface area contributed by atoms with Crippen LogP contribution in [0.4, 0.5) is 14.5 Å². The third kappa shape index (κ3) is 4.85. The lowest BCUT2D eigenvalue weighted by Gasteiger charge is -2.35. The maximum Gasteiger partial charge on any atom is 0.251 e. The van der Waals surface area contributed by atoms with E-state index in [0.29, 0.717) is 38.5 Å². The fraction of sp³-hybridized carbons (Fsp3) is 0.381. The average molecular weight is 389 g/mol. The van der Waals surface area contributed by atoms with Gasteiger partial charge in [-0.15, -0.1) is 0 Å². The molecule has 150 valence electrons. The van der Waals surface area contributed by atoms with Crippen molar-refractivity contribution in [2.75, 3.05) is 51.8 Å². The van der Waals surface area contributed by atoms with E-state index in [1.165, 1.54) is 18.2 Å². The zero-order chi connectivity index (χ0) is 20.1. The summed E-state index contributed by atoms with van der Waals surface area (Å²) in [5, 5.41) is 2.87. The minimum atomic E-state index is -0.451. The second kappa shape index (κ2) is 9.12. The van der Waals surface area contributed by atoms with Crippen molar-refractivity contribution in [3.63, 3.8) is 0 Å². The summed E-state index contributed by atoms with van der Waals surface area (Å²) >= 11 is 0. The molecule has 3 rings (SSSR count). The van der Waals surface area contributed by atoms with Crippen LogP contribution in [0, 0.1) is 11.6 Å². The van der Waals surface area contributed by atoms with Crippen LogP contribution in [0.5, 0.6) is 0 Å². The van der Waals surface area contributed by atoms with Gasteiger partial charge >= 0.3 is 0 Å². The van der Waals surface area contributed by atoms with Gasteiger partial charge in [0.1, 0.15) is 11.6 Å². The van der Waals surface area contributed by atoms with E-state index in [2.05, 4.69) is 10.2 Å². The zero-order valence-electron chi connectivity index (χ0n) is 16.1. The van der Waals surface area contributed by atoms with Crippen molar-refractivity contribution in [1.82, 2.24) is 10.2 Å². The van der Waals surface area contributed by atoms with Crippen LogP contribution < -0.4 is 10.2 Å².